The summed E-state index contributed by atoms with van der Waals surface area (Å²) in [4.78, 5) is 55.3. The van der Waals surface area contributed by atoms with Crippen molar-refractivity contribution >= 4 is 0 Å². The average Bonchev–Trinajstić information content (AvgIpc) is 3.48. The predicted octanol–water partition coefficient (Wildman–Crippen LogP) is 13.4. The Morgan fingerprint density at radius 3 is 0.500 bits per heavy atom. The molecular formula is C62H42N12. The molecule has 6 aromatic carbocycles. The van der Waals surface area contributed by atoms with Gasteiger partial charge in [0.1, 0.15) is 5.82 Å². The zero-order chi connectivity index (χ0) is 49.8. The van der Waals surface area contributed by atoms with Crippen molar-refractivity contribution in [3.05, 3.63) is 231 Å². The van der Waals surface area contributed by atoms with Gasteiger partial charge in [-0.2, -0.15) is 0 Å². The van der Waals surface area contributed by atoms with Gasteiger partial charge in [-0.3, -0.25) is 0 Å². The van der Waals surface area contributed by atoms with E-state index in [-0.39, 0.29) is 0 Å². The fourth-order valence-corrected chi connectivity index (χ4v) is 8.48. The van der Waals surface area contributed by atoms with Crippen LogP contribution in [0.3, 0.4) is 0 Å². The Morgan fingerprint density at radius 2 is 0.311 bits per heavy atom. The number of rotatable bonds is 11. The summed E-state index contributed by atoms with van der Waals surface area (Å²) in [5.41, 5.74) is 17.6. The first-order chi connectivity index (χ1) is 36.4. The number of hydrogen-bond donors (Lipinski definition) is 0. The molecule has 0 aliphatic heterocycles. The molecular weight excluding hydrogens is 913 g/mol. The van der Waals surface area contributed by atoms with E-state index in [4.69, 9.17) is 29.9 Å². The standard InChI is InChI=1S/C62H42N12/c1-39-3-5-47(6-4-39)58-65-29-53(30-66-58)43-11-13-44(14-12-43)55-33-69-60(70-34-55)50-23-25-51(26-24-50)62-73-37-57(38-74-62)46-17-15-45(16-18-46)56-35-71-61(72-36-56)49-21-19-48(20-22-49)59-67-31-54(32-68-59)42-9-7-41(8-10-42)52-27-63-40(2)64-28-52/h3-38H,1-2H3. The minimum atomic E-state index is 0.633. The van der Waals surface area contributed by atoms with Crippen molar-refractivity contribution in [3.8, 4) is 124 Å². The second-order valence-corrected chi connectivity index (χ2v) is 17.7. The normalized spacial score (nSPS) is 11.1. The second-order valence-electron chi connectivity index (χ2n) is 17.7. The molecule has 0 radical (unpaired) electrons. The van der Waals surface area contributed by atoms with Gasteiger partial charge < -0.3 is 0 Å². The van der Waals surface area contributed by atoms with Crippen LogP contribution >= 0.6 is 0 Å². The van der Waals surface area contributed by atoms with Gasteiger partial charge in [-0.15, -0.1) is 0 Å². The summed E-state index contributed by atoms with van der Waals surface area (Å²) in [7, 11) is 0. The maximum Gasteiger partial charge on any atom is 0.159 e. The van der Waals surface area contributed by atoms with Crippen LogP contribution in [-0.4, -0.2) is 59.8 Å². The third-order valence-corrected chi connectivity index (χ3v) is 12.8. The molecule has 0 aliphatic carbocycles. The summed E-state index contributed by atoms with van der Waals surface area (Å²) >= 11 is 0. The van der Waals surface area contributed by atoms with Crippen LogP contribution in [0.25, 0.3) is 124 Å². The van der Waals surface area contributed by atoms with Crippen molar-refractivity contribution in [1.82, 2.24) is 59.8 Å². The van der Waals surface area contributed by atoms with E-state index < -0.39 is 0 Å². The minimum Gasteiger partial charge on any atom is -0.241 e. The maximum absolute atomic E-state index is 4.71. The van der Waals surface area contributed by atoms with Crippen molar-refractivity contribution in [3.63, 3.8) is 0 Å². The highest BCUT2D eigenvalue weighted by atomic mass is 14.9. The quantitative estimate of drug-likeness (QED) is 0.121. The number of aryl methyl sites for hydroxylation is 2. The molecule has 12 aromatic rings. The molecule has 12 nitrogen and oxygen atoms in total. The van der Waals surface area contributed by atoms with Crippen molar-refractivity contribution in [2.75, 3.05) is 0 Å². The highest BCUT2D eigenvalue weighted by molar-refractivity contribution is 5.74. The zero-order valence-corrected chi connectivity index (χ0v) is 40.2. The Morgan fingerprint density at radius 1 is 0.162 bits per heavy atom. The van der Waals surface area contributed by atoms with E-state index in [1.807, 2.05) is 142 Å². The lowest BCUT2D eigenvalue weighted by Gasteiger charge is -2.08. The highest BCUT2D eigenvalue weighted by Crippen LogP contribution is 2.30. The van der Waals surface area contributed by atoms with E-state index >= 15 is 0 Å². The Balaban J connectivity index is 0.640. The molecule has 12 rings (SSSR count). The molecule has 0 bridgehead atoms. The van der Waals surface area contributed by atoms with Crippen LogP contribution in [0.4, 0.5) is 0 Å². The van der Waals surface area contributed by atoms with Gasteiger partial charge in [0, 0.05) is 136 Å². The lowest BCUT2D eigenvalue weighted by atomic mass is 10.0. The first-order valence-electron chi connectivity index (χ1n) is 23.9. The molecule has 6 heterocycles. The summed E-state index contributed by atoms with van der Waals surface area (Å²) in [5.74, 6) is 4.01. The average molecular weight is 955 g/mol. The van der Waals surface area contributed by atoms with E-state index in [0.717, 1.165) is 100 Å². The summed E-state index contributed by atoms with van der Waals surface area (Å²) in [6.07, 6.45) is 22.2. The molecule has 0 spiro atoms. The minimum absolute atomic E-state index is 0.633. The van der Waals surface area contributed by atoms with Crippen LogP contribution in [0.5, 0.6) is 0 Å². The van der Waals surface area contributed by atoms with Crippen molar-refractivity contribution in [2.24, 2.45) is 0 Å². The van der Waals surface area contributed by atoms with Crippen LogP contribution in [0.15, 0.2) is 220 Å². The molecule has 0 N–H and O–H groups in total. The lowest BCUT2D eigenvalue weighted by molar-refractivity contribution is 1.06. The predicted molar refractivity (Wildman–Crippen MR) is 289 cm³/mol. The van der Waals surface area contributed by atoms with E-state index in [1.54, 1.807) is 0 Å². The summed E-state index contributed by atoms with van der Waals surface area (Å²) in [6.45, 7) is 3.95. The van der Waals surface area contributed by atoms with Gasteiger partial charge in [-0.05, 0) is 47.2 Å². The molecule has 12 heteroatoms. The summed E-state index contributed by atoms with van der Waals surface area (Å²) in [6, 6.07) is 48.9. The van der Waals surface area contributed by atoms with Crippen molar-refractivity contribution < 1.29 is 0 Å². The first kappa shape index (κ1) is 45.0. The molecule has 74 heavy (non-hydrogen) atoms. The zero-order valence-electron chi connectivity index (χ0n) is 40.2. The molecule has 0 amide bonds. The molecule has 0 aliphatic rings. The maximum atomic E-state index is 4.71. The lowest BCUT2D eigenvalue weighted by Crippen LogP contribution is -1.93. The van der Waals surface area contributed by atoms with Crippen molar-refractivity contribution in [2.45, 2.75) is 13.8 Å². The number of nitrogens with zero attached hydrogens (tertiary/aromatic N) is 12. The molecule has 0 saturated heterocycles. The fraction of sp³-hybridized carbons (Fsp3) is 0.0323. The third-order valence-electron chi connectivity index (χ3n) is 12.8. The van der Waals surface area contributed by atoms with Gasteiger partial charge in [-0.1, -0.05) is 151 Å². The van der Waals surface area contributed by atoms with Crippen LogP contribution in [0.1, 0.15) is 11.4 Å². The Kier molecular flexibility index (Phi) is 12.1. The number of benzene rings is 6. The second kappa shape index (κ2) is 19.9. The van der Waals surface area contributed by atoms with E-state index in [0.29, 0.717) is 29.1 Å². The highest BCUT2D eigenvalue weighted by Gasteiger charge is 2.12. The summed E-state index contributed by atoms with van der Waals surface area (Å²) < 4.78 is 0. The Hall–Kier alpha value is -10.2. The topological polar surface area (TPSA) is 155 Å². The largest absolute Gasteiger partial charge is 0.241 e. The van der Waals surface area contributed by atoms with E-state index in [2.05, 4.69) is 122 Å². The van der Waals surface area contributed by atoms with Gasteiger partial charge >= 0.3 is 0 Å². The van der Waals surface area contributed by atoms with E-state index in [9.17, 15) is 0 Å². The van der Waals surface area contributed by atoms with Gasteiger partial charge in [0.15, 0.2) is 29.1 Å². The SMILES string of the molecule is Cc1ccc(-c2ncc(-c3ccc(-c4cnc(-c5ccc(-c6ncc(-c7ccc(-c8cnc(-c9ccc(-c%10ncc(-c%11ccc(-c%12cnc(C)nc%12)cc%11)cn%10)cc9)nc8)cc7)cn6)cc5)nc4)cc3)cn2)cc1. The first-order valence-corrected chi connectivity index (χ1v) is 23.9. The third kappa shape index (κ3) is 9.66. The Labute approximate surface area is 426 Å². The smallest absolute Gasteiger partial charge is 0.159 e. The monoisotopic (exact) mass is 954 g/mol. The van der Waals surface area contributed by atoms with Crippen LogP contribution < -0.4 is 0 Å². The van der Waals surface area contributed by atoms with Crippen LogP contribution in [-0.2, 0) is 0 Å². The Bertz CT molecular complexity index is 3580. The van der Waals surface area contributed by atoms with Gasteiger partial charge in [0.05, 0.1) is 0 Å². The summed E-state index contributed by atoms with van der Waals surface area (Å²) in [5, 5.41) is 0. The molecule has 350 valence electrons. The van der Waals surface area contributed by atoms with E-state index in [1.165, 1.54) is 5.56 Å². The number of aromatic nitrogens is 12. The van der Waals surface area contributed by atoms with Crippen molar-refractivity contribution in [1.29, 1.82) is 0 Å². The van der Waals surface area contributed by atoms with Gasteiger partial charge in [0.2, 0.25) is 0 Å². The van der Waals surface area contributed by atoms with Gasteiger partial charge in [-0.25, -0.2) is 59.8 Å². The van der Waals surface area contributed by atoms with Crippen LogP contribution in [0, 0.1) is 13.8 Å². The molecule has 6 aromatic heterocycles. The molecule has 0 fully saturated rings. The molecule has 0 saturated carbocycles. The van der Waals surface area contributed by atoms with Crippen LogP contribution in [0.2, 0.25) is 0 Å². The molecule has 0 unspecified atom stereocenters. The molecule has 0 atom stereocenters. The number of hydrogen-bond acceptors (Lipinski definition) is 12. The van der Waals surface area contributed by atoms with Gasteiger partial charge in [0.25, 0.3) is 0 Å². The fourth-order valence-electron chi connectivity index (χ4n) is 8.48.